The van der Waals surface area contributed by atoms with E-state index in [-0.39, 0.29) is 23.7 Å². The van der Waals surface area contributed by atoms with Gasteiger partial charge in [0.15, 0.2) is 11.6 Å². The zero-order chi connectivity index (χ0) is 16.2. The van der Waals surface area contributed by atoms with Gasteiger partial charge >= 0.3 is 0 Å². The van der Waals surface area contributed by atoms with Crippen LogP contribution in [0.25, 0.3) is 11.3 Å². The summed E-state index contributed by atoms with van der Waals surface area (Å²) in [7, 11) is 0. The number of halogens is 1. The maximum atomic E-state index is 13.7. The van der Waals surface area contributed by atoms with Crippen molar-refractivity contribution in [2.45, 2.75) is 32.3 Å². The van der Waals surface area contributed by atoms with Crippen LogP contribution in [-0.4, -0.2) is 23.8 Å². The second-order valence-corrected chi connectivity index (χ2v) is 5.67. The standard InChI is InChI=1S/C17H19FN2O3/c1-2-12-9-11(7-8-22-12)17(21)19-16-10-15(23-20-16)13-5-3-4-6-14(13)18/h3-6,10-12H,2,7-9H2,1H3,(H,19,20,21). The molecule has 1 aromatic carbocycles. The Balaban J connectivity index is 1.67. The minimum Gasteiger partial charge on any atom is -0.378 e. The molecule has 23 heavy (non-hydrogen) atoms. The van der Waals surface area contributed by atoms with Crippen molar-refractivity contribution in [3.63, 3.8) is 0 Å². The van der Waals surface area contributed by atoms with E-state index in [1.54, 1.807) is 18.2 Å². The predicted molar refractivity (Wildman–Crippen MR) is 83.3 cm³/mol. The van der Waals surface area contributed by atoms with E-state index in [0.717, 1.165) is 6.42 Å². The van der Waals surface area contributed by atoms with Crippen LogP contribution in [0.1, 0.15) is 26.2 Å². The number of ether oxygens (including phenoxy) is 1. The summed E-state index contributed by atoms with van der Waals surface area (Å²) in [6.45, 7) is 2.64. The summed E-state index contributed by atoms with van der Waals surface area (Å²) in [6, 6.07) is 7.81. The van der Waals surface area contributed by atoms with Gasteiger partial charge in [0.1, 0.15) is 5.82 Å². The lowest BCUT2D eigenvalue weighted by atomic mass is 9.93. The van der Waals surface area contributed by atoms with E-state index >= 15 is 0 Å². The molecule has 1 aromatic heterocycles. The van der Waals surface area contributed by atoms with Gasteiger partial charge < -0.3 is 14.6 Å². The number of rotatable bonds is 4. The van der Waals surface area contributed by atoms with Crippen molar-refractivity contribution in [3.05, 3.63) is 36.1 Å². The Morgan fingerprint density at radius 2 is 2.26 bits per heavy atom. The lowest BCUT2D eigenvalue weighted by molar-refractivity contribution is -0.124. The third-order valence-electron chi connectivity index (χ3n) is 4.09. The van der Waals surface area contributed by atoms with Gasteiger partial charge in [-0.25, -0.2) is 4.39 Å². The van der Waals surface area contributed by atoms with Crippen LogP contribution in [0, 0.1) is 11.7 Å². The lowest BCUT2D eigenvalue weighted by Crippen LogP contribution is -2.33. The number of nitrogens with one attached hydrogen (secondary N) is 1. The lowest BCUT2D eigenvalue weighted by Gasteiger charge is -2.27. The van der Waals surface area contributed by atoms with Crippen molar-refractivity contribution in [3.8, 4) is 11.3 Å². The third kappa shape index (κ3) is 3.59. The molecule has 2 aromatic rings. The van der Waals surface area contributed by atoms with Crippen LogP contribution in [0.5, 0.6) is 0 Å². The van der Waals surface area contributed by atoms with Crippen molar-refractivity contribution in [2.75, 3.05) is 11.9 Å². The highest BCUT2D eigenvalue weighted by atomic mass is 19.1. The van der Waals surface area contributed by atoms with Crippen LogP contribution in [-0.2, 0) is 9.53 Å². The van der Waals surface area contributed by atoms with Crippen LogP contribution in [0.4, 0.5) is 10.2 Å². The van der Waals surface area contributed by atoms with Crippen molar-refractivity contribution in [2.24, 2.45) is 5.92 Å². The van der Waals surface area contributed by atoms with E-state index in [2.05, 4.69) is 10.5 Å². The molecular formula is C17H19FN2O3. The Kier molecular flexibility index (Phi) is 4.71. The van der Waals surface area contributed by atoms with Gasteiger partial charge in [-0.15, -0.1) is 0 Å². The Hall–Kier alpha value is -2.21. The maximum Gasteiger partial charge on any atom is 0.228 e. The quantitative estimate of drug-likeness (QED) is 0.935. The molecule has 3 rings (SSSR count). The third-order valence-corrected chi connectivity index (χ3v) is 4.09. The zero-order valence-corrected chi connectivity index (χ0v) is 12.9. The largest absolute Gasteiger partial charge is 0.378 e. The molecule has 1 aliphatic heterocycles. The molecule has 0 bridgehead atoms. The van der Waals surface area contributed by atoms with E-state index in [1.807, 2.05) is 6.92 Å². The Morgan fingerprint density at radius 3 is 3.04 bits per heavy atom. The first-order valence-electron chi connectivity index (χ1n) is 7.81. The maximum absolute atomic E-state index is 13.7. The molecule has 122 valence electrons. The summed E-state index contributed by atoms with van der Waals surface area (Å²) in [6.07, 6.45) is 2.43. The number of hydrogen-bond donors (Lipinski definition) is 1. The van der Waals surface area contributed by atoms with Gasteiger partial charge in [-0.1, -0.05) is 24.2 Å². The Labute approximate surface area is 133 Å². The molecule has 1 N–H and O–H groups in total. The van der Waals surface area contributed by atoms with Gasteiger partial charge in [0.2, 0.25) is 5.91 Å². The molecule has 1 amide bonds. The molecule has 0 saturated carbocycles. The number of hydrogen-bond acceptors (Lipinski definition) is 4. The number of aromatic nitrogens is 1. The predicted octanol–water partition coefficient (Wildman–Crippen LogP) is 3.62. The van der Waals surface area contributed by atoms with Crippen LogP contribution in [0.3, 0.4) is 0 Å². The fraction of sp³-hybridized carbons (Fsp3) is 0.412. The van der Waals surface area contributed by atoms with E-state index in [1.165, 1.54) is 12.1 Å². The highest BCUT2D eigenvalue weighted by Crippen LogP contribution is 2.27. The van der Waals surface area contributed by atoms with Crippen LogP contribution < -0.4 is 5.32 Å². The van der Waals surface area contributed by atoms with Gasteiger partial charge in [0.05, 0.1) is 11.7 Å². The first-order chi connectivity index (χ1) is 11.2. The second kappa shape index (κ2) is 6.91. The summed E-state index contributed by atoms with van der Waals surface area (Å²) in [5.74, 6) is 0.00351. The zero-order valence-electron chi connectivity index (χ0n) is 12.9. The molecule has 6 heteroatoms. The normalized spacial score (nSPS) is 21.1. The molecule has 2 heterocycles. The van der Waals surface area contributed by atoms with E-state index in [9.17, 15) is 9.18 Å². The highest BCUT2D eigenvalue weighted by molar-refractivity contribution is 5.92. The number of anilines is 1. The average Bonchev–Trinajstić information content (AvgIpc) is 3.03. The fourth-order valence-electron chi connectivity index (χ4n) is 2.75. The molecule has 5 nitrogen and oxygen atoms in total. The number of carbonyl (C=O) groups is 1. The van der Waals surface area contributed by atoms with Gasteiger partial charge in [-0.3, -0.25) is 4.79 Å². The molecule has 2 atom stereocenters. The highest BCUT2D eigenvalue weighted by Gasteiger charge is 2.27. The van der Waals surface area contributed by atoms with E-state index in [0.29, 0.717) is 30.8 Å². The number of benzene rings is 1. The summed E-state index contributed by atoms with van der Waals surface area (Å²) in [5, 5.41) is 6.55. The number of nitrogens with zero attached hydrogens (tertiary/aromatic N) is 1. The second-order valence-electron chi connectivity index (χ2n) is 5.67. The van der Waals surface area contributed by atoms with Gasteiger partial charge in [0, 0.05) is 18.6 Å². The average molecular weight is 318 g/mol. The van der Waals surface area contributed by atoms with Gasteiger partial charge in [0.25, 0.3) is 0 Å². The summed E-state index contributed by atoms with van der Waals surface area (Å²) in [4.78, 5) is 12.3. The van der Waals surface area contributed by atoms with Crippen molar-refractivity contribution in [1.82, 2.24) is 5.16 Å². The summed E-state index contributed by atoms with van der Waals surface area (Å²) in [5.41, 5.74) is 0.317. The minimum absolute atomic E-state index is 0.0951. The molecule has 2 unspecified atom stereocenters. The molecule has 0 aliphatic carbocycles. The van der Waals surface area contributed by atoms with Crippen molar-refractivity contribution < 1.29 is 18.4 Å². The minimum atomic E-state index is -0.392. The van der Waals surface area contributed by atoms with Gasteiger partial charge in [-0.05, 0) is 31.4 Å². The van der Waals surface area contributed by atoms with Crippen LogP contribution >= 0.6 is 0 Å². The molecule has 1 aliphatic rings. The first-order valence-corrected chi connectivity index (χ1v) is 7.81. The van der Waals surface area contributed by atoms with E-state index < -0.39 is 5.82 Å². The molecule has 1 saturated heterocycles. The van der Waals surface area contributed by atoms with Crippen molar-refractivity contribution >= 4 is 11.7 Å². The Morgan fingerprint density at radius 1 is 1.43 bits per heavy atom. The molecule has 0 radical (unpaired) electrons. The molecule has 0 spiro atoms. The summed E-state index contributed by atoms with van der Waals surface area (Å²) >= 11 is 0. The molecule has 1 fully saturated rings. The monoisotopic (exact) mass is 318 g/mol. The van der Waals surface area contributed by atoms with Crippen LogP contribution in [0.2, 0.25) is 0 Å². The first kappa shape index (κ1) is 15.7. The number of amides is 1. The molecular weight excluding hydrogens is 299 g/mol. The van der Waals surface area contributed by atoms with Crippen molar-refractivity contribution in [1.29, 1.82) is 0 Å². The van der Waals surface area contributed by atoms with Crippen LogP contribution in [0.15, 0.2) is 34.9 Å². The summed E-state index contributed by atoms with van der Waals surface area (Å²) < 4.78 is 24.4. The Bertz CT molecular complexity index is 686. The topological polar surface area (TPSA) is 64.4 Å². The van der Waals surface area contributed by atoms with E-state index in [4.69, 9.17) is 9.26 Å². The SMILES string of the molecule is CCC1CC(C(=O)Nc2cc(-c3ccccc3F)on2)CCO1. The number of carbonyl (C=O) groups excluding carboxylic acids is 1. The fourth-order valence-corrected chi connectivity index (χ4v) is 2.75. The smallest absolute Gasteiger partial charge is 0.228 e. The van der Waals surface area contributed by atoms with Gasteiger partial charge in [-0.2, -0.15) is 0 Å².